The summed E-state index contributed by atoms with van der Waals surface area (Å²) in [7, 11) is 1.57. The molecule has 0 atom stereocenters. The zero-order valence-corrected chi connectivity index (χ0v) is 13.4. The Kier molecular flexibility index (Phi) is 6.02. The van der Waals surface area contributed by atoms with E-state index >= 15 is 0 Å². The molecule has 118 valence electrons. The Labute approximate surface area is 127 Å². The average Bonchev–Trinajstić information content (AvgIpc) is 2.49. The molecule has 1 aromatic rings. The SMILES string of the molecule is CCNc1nc(NCCC2CCC(C)CC2)nc(OC)n1. The van der Waals surface area contributed by atoms with Crippen molar-refractivity contribution in [3.63, 3.8) is 0 Å². The number of ether oxygens (including phenoxy) is 1. The fourth-order valence-corrected chi connectivity index (χ4v) is 2.77. The van der Waals surface area contributed by atoms with E-state index in [4.69, 9.17) is 4.74 Å². The van der Waals surface area contributed by atoms with E-state index in [1.54, 1.807) is 7.11 Å². The molecule has 0 unspecified atom stereocenters. The maximum Gasteiger partial charge on any atom is 0.322 e. The second kappa shape index (κ2) is 8.00. The molecule has 6 heteroatoms. The molecule has 0 spiro atoms. The van der Waals surface area contributed by atoms with Gasteiger partial charge in [0.1, 0.15) is 0 Å². The van der Waals surface area contributed by atoms with Gasteiger partial charge in [0.05, 0.1) is 7.11 Å². The summed E-state index contributed by atoms with van der Waals surface area (Å²) in [6.45, 7) is 6.03. The lowest BCUT2D eigenvalue weighted by molar-refractivity contribution is 0.281. The van der Waals surface area contributed by atoms with Gasteiger partial charge in [-0.1, -0.05) is 32.6 Å². The molecule has 2 rings (SSSR count). The van der Waals surface area contributed by atoms with Crippen LogP contribution in [-0.2, 0) is 0 Å². The summed E-state index contributed by atoms with van der Waals surface area (Å²) >= 11 is 0. The molecule has 1 fully saturated rings. The molecule has 21 heavy (non-hydrogen) atoms. The van der Waals surface area contributed by atoms with Crippen molar-refractivity contribution in [1.82, 2.24) is 15.0 Å². The third kappa shape index (κ3) is 5.02. The van der Waals surface area contributed by atoms with E-state index in [1.807, 2.05) is 6.92 Å². The number of hydrogen-bond donors (Lipinski definition) is 2. The number of nitrogens with zero attached hydrogens (tertiary/aromatic N) is 3. The van der Waals surface area contributed by atoms with Crippen molar-refractivity contribution in [2.45, 2.75) is 46.0 Å². The average molecular weight is 293 g/mol. The van der Waals surface area contributed by atoms with Gasteiger partial charge in [-0.05, 0) is 25.2 Å². The van der Waals surface area contributed by atoms with Crippen LogP contribution < -0.4 is 15.4 Å². The van der Waals surface area contributed by atoms with Crippen LogP contribution in [0.3, 0.4) is 0 Å². The Hall–Kier alpha value is -1.59. The van der Waals surface area contributed by atoms with Crippen LogP contribution in [0.5, 0.6) is 6.01 Å². The van der Waals surface area contributed by atoms with E-state index in [0.717, 1.165) is 24.9 Å². The Morgan fingerprint density at radius 2 is 1.71 bits per heavy atom. The molecule has 0 radical (unpaired) electrons. The standard InChI is InChI=1S/C15H27N5O/c1-4-16-13-18-14(20-15(19-13)21-3)17-10-9-12-7-5-11(2)6-8-12/h11-12H,4-10H2,1-3H3,(H2,16,17,18,19,20). The molecule has 1 saturated carbocycles. The van der Waals surface area contributed by atoms with Crippen molar-refractivity contribution in [1.29, 1.82) is 0 Å². The van der Waals surface area contributed by atoms with Gasteiger partial charge in [0.2, 0.25) is 11.9 Å². The number of aromatic nitrogens is 3. The lowest BCUT2D eigenvalue weighted by Crippen LogP contribution is -2.17. The first-order chi connectivity index (χ1) is 10.2. The van der Waals surface area contributed by atoms with Crippen LogP contribution in [0.15, 0.2) is 0 Å². The predicted molar refractivity (Wildman–Crippen MR) is 84.8 cm³/mol. The van der Waals surface area contributed by atoms with Crippen molar-refractivity contribution in [3.05, 3.63) is 0 Å². The normalized spacial score (nSPS) is 21.9. The fraction of sp³-hybridized carbons (Fsp3) is 0.800. The van der Waals surface area contributed by atoms with E-state index in [2.05, 4.69) is 32.5 Å². The van der Waals surface area contributed by atoms with Crippen LogP contribution in [0.1, 0.15) is 46.0 Å². The molecule has 0 saturated heterocycles. The highest BCUT2D eigenvalue weighted by Gasteiger charge is 2.17. The van der Waals surface area contributed by atoms with Gasteiger partial charge in [0.15, 0.2) is 0 Å². The molecule has 1 heterocycles. The predicted octanol–water partition coefficient (Wildman–Crippen LogP) is 2.94. The van der Waals surface area contributed by atoms with E-state index < -0.39 is 0 Å². The van der Waals surface area contributed by atoms with E-state index in [-0.39, 0.29) is 0 Å². The molecule has 1 aromatic heterocycles. The largest absolute Gasteiger partial charge is 0.467 e. The van der Waals surface area contributed by atoms with Gasteiger partial charge in [-0.3, -0.25) is 0 Å². The number of rotatable bonds is 7. The van der Waals surface area contributed by atoms with Crippen molar-refractivity contribution >= 4 is 11.9 Å². The Bertz CT molecular complexity index is 432. The van der Waals surface area contributed by atoms with Gasteiger partial charge < -0.3 is 15.4 Å². The molecule has 0 bridgehead atoms. The van der Waals surface area contributed by atoms with Crippen molar-refractivity contribution in [2.75, 3.05) is 30.8 Å². The lowest BCUT2D eigenvalue weighted by Gasteiger charge is -2.26. The summed E-state index contributed by atoms with van der Waals surface area (Å²) in [6, 6.07) is 0.343. The van der Waals surface area contributed by atoms with Gasteiger partial charge in [-0.15, -0.1) is 0 Å². The number of nitrogens with one attached hydrogen (secondary N) is 2. The zero-order chi connectivity index (χ0) is 15.1. The van der Waals surface area contributed by atoms with Crippen molar-refractivity contribution in [2.24, 2.45) is 11.8 Å². The lowest BCUT2D eigenvalue weighted by atomic mass is 9.81. The molecule has 0 aliphatic heterocycles. The summed E-state index contributed by atoms with van der Waals surface area (Å²) in [6.07, 6.45) is 6.62. The summed E-state index contributed by atoms with van der Waals surface area (Å²) in [5.74, 6) is 2.88. The minimum Gasteiger partial charge on any atom is -0.467 e. The van der Waals surface area contributed by atoms with Gasteiger partial charge >= 0.3 is 6.01 Å². The molecular weight excluding hydrogens is 266 g/mol. The van der Waals surface area contributed by atoms with Gasteiger partial charge in [-0.2, -0.15) is 15.0 Å². The van der Waals surface area contributed by atoms with E-state index in [0.29, 0.717) is 17.9 Å². The smallest absolute Gasteiger partial charge is 0.322 e. The second-order valence-corrected chi connectivity index (χ2v) is 5.84. The van der Waals surface area contributed by atoms with Crippen LogP contribution in [0.25, 0.3) is 0 Å². The first-order valence-electron chi connectivity index (χ1n) is 7.99. The Morgan fingerprint density at radius 1 is 1.05 bits per heavy atom. The highest BCUT2D eigenvalue weighted by molar-refractivity contribution is 5.35. The van der Waals surface area contributed by atoms with Crippen LogP contribution in [0.2, 0.25) is 0 Å². The number of methoxy groups -OCH3 is 1. The first-order valence-corrected chi connectivity index (χ1v) is 7.99. The molecule has 6 nitrogen and oxygen atoms in total. The molecule has 0 amide bonds. The molecular formula is C15H27N5O. The maximum atomic E-state index is 5.11. The third-order valence-electron chi connectivity index (χ3n) is 4.10. The van der Waals surface area contributed by atoms with Crippen LogP contribution in [0.4, 0.5) is 11.9 Å². The minimum atomic E-state index is 0.343. The molecule has 2 N–H and O–H groups in total. The summed E-state index contributed by atoms with van der Waals surface area (Å²) in [5, 5.41) is 6.38. The maximum absolute atomic E-state index is 5.11. The zero-order valence-electron chi connectivity index (χ0n) is 13.4. The van der Waals surface area contributed by atoms with Crippen LogP contribution >= 0.6 is 0 Å². The first kappa shape index (κ1) is 15.8. The monoisotopic (exact) mass is 293 g/mol. The van der Waals surface area contributed by atoms with Crippen molar-refractivity contribution in [3.8, 4) is 6.01 Å². The van der Waals surface area contributed by atoms with Gasteiger partial charge in [0, 0.05) is 13.1 Å². The summed E-state index contributed by atoms with van der Waals surface area (Å²) in [5.41, 5.74) is 0. The van der Waals surface area contributed by atoms with Gasteiger partial charge in [0.25, 0.3) is 0 Å². The number of hydrogen-bond acceptors (Lipinski definition) is 6. The van der Waals surface area contributed by atoms with E-state index in [9.17, 15) is 0 Å². The van der Waals surface area contributed by atoms with E-state index in [1.165, 1.54) is 32.1 Å². The number of anilines is 2. The topological polar surface area (TPSA) is 72.0 Å². The van der Waals surface area contributed by atoms with Crippen molar-refractivity contribution < 1.29 is 4.74 Å². The quantitative estimate of drug-likeness (QED) is 0.805. The Balaban J connectivity index is 1.83. The van der Waals surface area contributed by atoms with Crippen LogP contribution in [-0.4, -0.2) is 35.2 Å². The summed E-state index contributed by atoms with van der Waals surface area (Å²) in [4.78, 5) is 12.7. The fourth-order valence-electron chi connectivity index (χ4n) is 2.77. The highest BCUT2D eigenvalue weighted by atomic mass is 16.5. The summed E-state index contributed by atoms with van der Waals surface area (Å²) < 4.78 is 5.11. The van der Waals surface area contributed by atoms with Gasteiger partial charge in [-0.25, -0.2) is 0 Å². The Morgan fingerprint density at radius 3 is 2.33 bits per heavy atom. The second-order valence-electron chi connectivity index (χ2n) is 5.84. The molecule has 0 aromatic carbocycles. The molecule has 1 aliphatic rings. The van der Waals surface area contributed by atoms with Crippen LogP contribution in [0, 0.1) is 11.8 Å². The third-order valence-corrected chi connectivity index (χ3v) is 4.10. The molecule has 1 aliphatic carbocycles. The highest BCUT2D eigenvalue weighted by Crippen LogP contribution is 2.30. The minimum absolute atomic E-state index is 0.343.